The maximum absolute atomic E-state index is 9.50. The summed E-state index contributed by atoms with van der Waals surface area (Å²) in [6.45, 7) is 0.806. The molecular formula is C12H13IN2O2. The Morgan fingerprint density at radius 1 is 1.41 bits per heavy atom. The van der Waals surface area contributed by atoms with E-state index >= 15 is 0 Å². The first-order chi connectivity index (χ1) is 8.25. The lowest BCUT2D eigenvalue weighted by Crippen LogP contribution is -2.19. The molecule has 0 unspecified atom stereocenters. The van der Waals surface area contributed by atoms with Crippen LogP contribution in [0.25, 0.3) is 10.9 Å². The van der Waals surface area contributed by atoms with Gasteiger partial charge in [-0.2, -0.15) is 5.10 Å². The van der Waals surface area contributed by atoms with Crippen LogP contribution in [0.2, 0.25) is 0 Å². The fraction of sp³-hybridized carbons (Fsp3) is 0.417. The quantitative estimate of drug-likeness (QED) is 0.809. The van der Waals surface area contributed by atoms with E-state index in [1.165, 1.54) is 6.42 Å². The van der Waals surface area contributed by atoms with Crippen LogP contribution in [0.5, 0.6) is 5.75 Å². The average Bonchev–Trinajstić information content (AvgIpc) is 2.68. The van der Waals surface area contributed by atoms with Crippen LogP contribution in [0, 0.1) is 3.70 Å². The number of benzene rings is 1. The Morgan fingerprint density at radius 3 is 3.06 bits per heavy atom. The minimum atomic E-state index is 0.0410. The van der Waals surface area contributed by atoms with Gasteiger partial charge in [-0.25, -0.2) is 4.68 Å². The summed E-state index contributed by atoms with van der Waals surface area (Å²) in [5.74, 6) is 0.277. The Hall–Kier alpha value is -0.820. The first kappa shape index (κ1) is 11.3. The van der Waals surface area contributed by atoms with Crippen LogP contribution in [0.3, 0.4) is 0 Å². The summed E-state index contributed by atoms with van der Waals surface area (Å²) < 4.78 is 8.60. The second-order valence-corrected chi connectivity index (χ2v) is 5.28. The zero-order chi connectivity index (χ0) is 11.8. The van der Waals surface area contributed by atoms with Crippen molar-refractivity contribution in [3.8, 4) is 5.75 Å². The van der Waals surface area contributed by atoms with E-state index in [9.17, 15) is 5.11 Å². The van der Waals surface area contributed by atoms with Crippen molar-refractivity contribution in [3.05, 3.63) is 21.9 Å². The zero-order valence-corrected chi connectivity index (χ0v) is 11.4. The normalized spacial score (nSPS) is 20.9. The maximum Gasteiger partial charge on any atom is 0.150 e. The van der Waals surface area contributed by atoms with Gasteiger partial charge >= 0.3 is 0 Å². The lowest BCUT2D eigenvalue weighted by Gasteiger charge is -2.23. The van der Waals surface area contributed by atoms with Gasteiger partial charge in [-0.05, 0) is 60.1 Å². The third-order valence-corrected chi connectivity index (χ3v) is 3.87. The van der Waals surface area contributed by atoms with Crippen LogP contribution >= 0.6 is 22.6 Å². The molecule has 3 rings (SSSR count). The number of aromatic hydroxyl groups is 1. The van der Waals surface area contributed by atoms with Crippen molar-refractivity contribution in [3.63, 3.8) is 0 Å². The van der Waals surface area contributed by atoms with Crippen molar-refractivity contribution in [2.75, 3.05) is 6.61 Å². The number of aromatic nitrogens is 2. The molecule has 4 nitrogen and oxygen atoms in total. The molecule has 17 heavy (non-hydrogen) atoms. The number of phenolic OH excluding ortho intramolecular Hbond substituents is 1. The number of phenols is 1. The molecule has 0 saturated carbocycles. The minimum Gasteiger partial charge on any atom is -0.508 e. The van der Waals surface area contributed by atoms with Crippen molar-refractivity contribution >= 4 is 33.5 Å². The molecule has 0 amide bonds. The summed E-state index contributed by atoms with van der Waals surface area (Å²) in [6, 6.07) is 5.35. The highest BCUT2D eigenvalue weighted by atomic mass is 127. The van der Waals surface area contributed by atoms with E-state index in [1.807, 2.05) is 10.7 Å². The van der Waals surface area contributed by atoms with E-state index < -0.39 is 0 Å². The number of hydrogen-bond acceptors (Lipinski definition) is 3. The van der Waals surface area contributed by atoms with Crippen molar-refractivity contribution < 1.29 is 9.84 Å². The predicted molar refractivity (Wildman–Crippen MR) is 73.0 cm³/mol. The summed E-state index contributed by atoms with van der Waals surface area (Å²) in [6.07, 6.45) is 3.36. The molecule has 5 heteroatoms. The molecule has 1 N–H and O–H groups in total. The van der Waals surface area contributed by atoms with Crippen molar-refractivity contribution in [1.82, 2.24) is 9.78 Å². The molecular weight excluding hydrogens is 331 g/mol. The number of halogens is 1. The summed E-state index contributed by atoms with van der Waals surface area (Å²) in [7, 11) is 0. The van der Waals surface area contributed by atoms with Gasteiger partial charge in [-0.1, -0.05) is 0 Å². The largest absolute Gasteiger partial charge is 0.508 e. The fourth-order valence-electron chi connectivity index (χ4n) is 2.23. The molecule has 0 radical (unpaired) electrons. The molecule has 1 saturated heterocycles. The molecule has 0 spiro atoms. The van der Waals surface area contributed by atoms with Crippen LogP contribution in [0.1, 0.15) is 25.5 Å². The highest BCUT2D eigenvalue weighted by molar-refractivity contribution is 14.1. The molecule has 2 aromatic rings. The van der Waals surface area contributed by atoms with Gasteiger partial charge in [0.15, 0.2) is 6.23 Å². The Labute approximate surface area is 113 Å². The molecule has 1 aromatic carbocycles. The number of nitrogens with zero attached hydrogens (tertiary/aromatic N) is 2. The van der Waals surface area contributed by atoms with Gasteiger partial charge in [-0.15, -0.1) is 0 Å². The van der Waals surface area contributed by atoms with E-state index in [0.717, 1.165) is 34.1 Å². The second-order valence-electron chi connectivity index (χ2n) is 4.26. The van der Waals surface area contributed by atoms with Gasteiger partial charge in [0.1, 0.15) is 9.45 Å². The Balaban J connectivity index is 2.10. The Kier molecular flexibility index (Phi) is 2.96. The van der Waals surface area contributed by atoms with E-state index in [4.69, 9.17) is 4.74 Å². The predicted octanol–water partition coefficient (Wildman–Crippen LogP) is 3.05. The highest BCUT2D eigenvalue weighted by Crippen LogP contribution is 2.30. The third-order valence-electron chi connectivity index (χ3n) is 3.07. The van der Waals surface area contributed by atoms with Crippen LogP contribution in [0.4, 0.5) is 0 Å². The number of hydrogen-bond donors (Lipinski definition) is 1. The van der Waals surface area contributed by atoms with Crippen LogP contribution in [-0.2, 0) is 4.74 Å². The first-order valence-corrected chi connectivity index (χ1v) is 6.82. The van der Waals surface area contributed by atoms with Gasteiger partial charge in [0.25, 0.3) is 0 Å². The average molecular weight is 344 g/mol. The van der Waals surface area contributed by atoms with Crippen molar-refractivity contribution in [2.45, 2.75) is 25.5 Å². The number of rotatable bonds is 1. The van der Waals surface area contributed by atoms with E-state index in [2.05, 4.69) is 27.7 Å². The molecule has 1 fully saturated rings. The van der Waals surface area contributed by atoms with Gasteiger partial charge in [0, 0.05) is 12.0 Å². The molecule has 1 aliphatic heterocycles. The number of fused-ring (bicyclic) bond motifs is 1. The van der Waals surface area contributed by atoms with Gasteiger partial charge in [-0.3, -0.25) is 0 Å². The van der Waals surface area contributed by atoms with E-state index in [1.54, 1.807) is 12.1 Å². The van der Waals surface area contributed by atoms with Crippen LogP contribution < -0.4 is 0 Å². The maximum atomic E-state index is 9.50. The lowest BCUT2D eigenvalue weighted by molar-refractivity contribution is -0.0368. The Morgan fingerprint density at radius 2 is 2.29 bits per heavy atom. The molecule has 1 atom stereocenters. The van der Waals surface area contributed by atoms with Gasteiger partial charge < -0.3 is 9.84 Å². The molecule has 0 bridgehead atoms. The topological polar surface area (TPSA) is 47.3 Å². The van der Waals surface area contributed by atoms with E-state index in [0.29, 0.717) is 0 Å². The second kappa shape index (κ2) is 4.45. The molecule has 2 heterocycles. The zero-order valence-electron chi connectivity index (χ0n) is 9.27. The highest BCUT2D eigenvalue weighted by Gasteiger charge is 2.20. The smallest absolute Gasteiger partial charge is 0.150 e. The SMILES string of the molecule is Oc1ccc2c(c1)c(I)nn2[C@@H]1CCCCO1. The standard InChI is InChI=1S/C12H13IN2O2/c13-12-9-7-8(16)4-5-10(9)15(14-12)11-3-1-2-6-17-11/h4-5,7,11,16H,1-3,6H2/t11-/m0/s1. The monoisotopic (exact) mass is 344 g/mol. The number of ether oxygens (including phenoxy) is 1. The molecule has 90 valence electrons. The summed E-state index contributed by atoms with van der Waals surface area (Å²) in [5, 5.41) is 15.0. The van der Waals surface area contributed by atoms with Crippen LogP contribution in [0.15, 0.2) is 18.2 Å². The Bertz CT molecular complexity index is 547. The minimum absolute atomic E-state index is 0.0410. The summed E-state index contributed by atoms with van der Waals surface area (Å²) in [4.78, 5) is 0. The van der Waals surface area contributed by atoms with Gasteiger partial charge in [0.05, 0.1) is 5.52 Å². The summed E-state index contributed by atoms with van der Waals surface area (Å²) >= 11 is 2.19. The van der Waals surface area contributed by atoms with Crippen molar-refractivity contribution in [2.24, 2.45) is 0 Å². The summed E-state index contributed by atoms with van der Waals surface area (Å²) in [5.41, 5.74) is 1.03. The first-order valence-electron chi connectivity index (χ1n) is 5.74. The van der Waals surface area contributed by atoms with Crippen molar-refractivity contribution in [1.29, 1.82) is 0 Å². The molecule has 1 aromatic heterocycles. The van der Waals surface area contributed by atoms with Gasteiger partial charge in [0.2, 0.25) is 0 Å². The fourth-order valence-corrected chi connectivity index (χ4v) is 2.89. The molecule has 0 aliphatic carbocycles. The van der Waals surface area contributed by atoms with E-state index in [-0.39, 0.29) is 12.0 Å². The lowest BCUT2D eigenvalue weighted by atomic mass is 10.2. The van der Waals surface area contributed by atoms with Crippen LogP contribution in [-0.4, -0.2) is 21.5 Å². The third kappa shape index (κ3) is 2.01. The molecule has 1 aliphatic rings.